The van der Waals surface area contributed by atoms with E-state index in [1.54, 1.807) is 24.3 Å². The Morgan fingerprint density at radius 2 is 1.65 bits per heavy atom. The largest absolute Gasteiger partial charge is 0.336 e. The summed E-state index contributed by atoms with van der Waals surface area (Å²) in [6.07, 6.45) is 0.478. The summed E-state index contributed by atoms with van der Waals surface area (Å²) < 4.78 is 0. The number of amides is 3. The Hall–Kier alpha value is -2.04. The van der Waals surface area contributed by atoms with Gasteiger partial charge >= 0.3 is 6.03 Å². The molecule has 110 valence electrons. The van der Waals surface area contributed by atoms with Crippen molar-refractivity contribution >= 4 is 23.3 Å². The van der Waals surface area contributed by atoms with E-state index in [1.807, 2.05) is 27.7 Å². The summed E-state index contributed by atoms with van der Waals surface area (Å²) in [4.78, 5) is 23.3. The monoisotopic (exact) mass is 277 g/mol. The number of hydrogen-bond donors (Lipinski definition) is 3. The summed E-state index contributed by atoms with van der Waals surface area (Å²) in [6.45, 7) is 7.77. The summed E-state index contributed by atoms with van der Waals surface area (Å²) >= 11 is 0. The third-order valence-electron chi connectivity index (χ3n) is 2.42. The van der Waals surface area contributed by atoms with E-state index in [2.05, 4.69) is 16.0 Å². The van der Waals surface area contributed by atoms with Gasteiger partial charge in [0.25, 0.3) is 0 Å². The van der Waals surface area contributed by atoms with E-state index in [4.69, 9.17) is 0 Å². The lowest BCUT2D eigenvalue weighted by Crippen LogP contribution is -2.34. The quantitative estimate of drug-likeness (QED) is 0.773. The van der Waals surface area contributed by atoms with Crippen LogP contribution < -0.4 is 16.0 Å². The summed E-state index contributed by atoms with van der Waals surface area (Å²) in [7, 11) is 0. The first-order valence-electron chi connectivity index (χ1n) is 6.84. The molecule has 0 aliphatic heterocycles. The van der Waals surface area contributed by atoms with E-state index in [1.165, 1.54) is 0 Å². The minimum Gasteiger partial charge on any atom is -0.336 e. The van der Waals surface area contributed by atoms with Gasteiger partial charge in [-0.05, 0) is 38.0 Å². The van der Waals surface area contributed by atoms with E-state index in [-0.39, 0.29) is 18.0 Å². The minimum absolute atomic E-state index is 0.0243. The topological polar surface area (TPSA) is 70.2 Å². The molecule has 5 heteroatoms. The fraction of sp³-hybridized carbons (Fsp3) is 0.467. The number of hydrogen-bond acceptors (Lipinski definition) is 2. The van der Waals surface area contributed by atoms with Gasteiger partial charge in [0.15, 0.2) is 0 Å². The average molecular weight is 277 g/mol. The molecular formula is C15H23N3O2. The maximum atomic E-state index is 11.7. The molecule has 3 amide bonds. The van der Waals surface area contributed by atoms with E-state index >= 15 is 0 Å². The van der Waals surface area contributed by atoms with Gasteiger partial charge in [0.1, 0.15) is 0 Å². The number of anilines is 2. The molecule has 1 aromatic rings. The van der Waals surface area contributed by atoms with Crippen molar-refractivity contribution in [1.82, 2.24) is 5.32 Å². The van der Waals surface area contributed by atoms with Crippen LogP contribution in [0.25, 0.3) is 0 Å². The first-order chi connectivity index (χ1) is 9.36. The van der Waals surface area contributed by atoms with E-state index in [0.29, 0.717) is 23.7 Å². The summed E-state index contributed by atoms with van der Waals surface area (Å²) in [6, 6.07) is 6.91. The molecule has 0 bridgehead atoms. The second kappa shape index (κ2) is 7.53. The van der Waals surface area contributed by atoms with Gasteiger partial charge in [-0.2, -0.15) is 0 Å². The number of urea groups is 1. The first kappa shape index (κ1) is 16.0. The predicted octanol–water partition coefficient (Wildman–Crippen LogP) is 3.20. The maximum Gasteiger partial charge on any atom is 0.319 e. The molecule has 0 atom stereocenters. The Morgan fingerprint density at radius 3 is 2.20 bits per heavy atom. The van der Waals surface area contributed by atoms with E-state index in [0.717, 1.165) is 0 Å². The second-order valence-corrected chi connectivity index (χ2v) is 5.48. The van der Waals surface area contributed by atoms with Crippen molar-refractivity contribution in [2.75, 3.05) is 10.6 Å². The van der Waals surface area contributed by atoms with Gasteiger partial charge in [-0.15, -0.1) is 0 Å². The molecule has 0 saturated heterocycles. The number of carbonyl (C=O) groups is 2. The molecule has 0 spiro atoms. The Kier molecular flexibility index (Phi) is 6.03. The molecule has 0 aliphatic rings. The standard InChI is InChI=1S/C15H23N3O2/c1-10(2)8-14(19)17-12-6-5-7-13(9-12)18-15(20)16-11(3)4/h5-7,9-11H,8H2,1-4H3,(H,17,19)(H2,16,18,20). The molecule has 0 aromatic heterocycles. The molecule has 0 heterocycles. The minimum atomic E-state index is -0.259. The van der Waals surface area contributed by atoms with Crippen LogP contribution >= 0.6 is 0 Å². The molecule has 20 heavy (non-hydrogen) atoms. The van der Waals surface area contributed by atoms with Crippen LogP contribution in [0.3, 0.4) is 0 Å². The highest BCUT2D eigenvalue weighted by molar-refractivity contribution is 5.93. The van der Waals surface area contributed by atoms with Crippen molar-refractivity contribution in [3.8, 4) is 0 Å². The van der Waals surface area contributed by atoms with Crippen molar-refractivity contribution < 1.29 is 9.59 Å². The molecule has 0 fully saturated rings. The summed E-state index contributed by atoms with van der Waals surface area (Å²) in [5.74, 6) is 0.289. The number of benzene rings is 1. The van der Waals surface area contributed by atoms with Crippen molar-refractivity contribution in [2.24, 2.45) is 5.92 Å². The Morgan fingerprint density at radius 1 is 1.05 bits per heavy atom. The van der Waals surface area contributed by atoms with Gasteiger partial charge in [-0.3, -0.25) is 4.79 Å². The highest BCUT2D eigenvalue weighted by atomic mass is 16.2. The zero-order valence-corrected chi connectivity index (χ0v) is 12.5. The summed E-state index contributed by atoms with van der Waals surface area (Å²) in [5, 5.41) is 8.28. The van der Waals surface area contributed by atoms with Crippen molar-refractivity contribution in [3.63, 3.8) is 0 Å². The Balaban J connectivity index is 2.61. The second-order valence-electron chi connectivity index (χ2n) is 5.48. The third-order valence-corrected chi connectivity index (χ3v) is 2.42. The lowest BCUT2D eigenvalue weighted by atomic mass is 10.1. The lowest BCUT2D eigenvalue weighted by molar-refractivity contribution is -0.116. The predicted molar refractivity (Wildman–Crippen MR) is 81.8 cm³/mol. The molecule has 0 radical (unpaired) electrons. The van der Waals surface area contributed by atoms with Gasteiger partial charge in [0, 0.05) is 23.8 Å². The normalized spacial score (nSPS) is 10.5. The van der Waals surface area contributed by atoms with Crippen LogP contribution in [-0.4, -0.2) is 18.0 Å². The van der Waals surface area contributed by atoms with Crippen LogP contribution in [0.4, 0.5) is 16.2 Å². The van der Waals surface area contributed by atoms with Crippen LogP contribution in [-0.2, 0) is 4.79 Å². The molecule has 0 unspecified atom stereocenters. The first-order valence-corrected chi connectivity index (χ1v) is 6.84. The highest BCUT2D eigenvalue weighted by Gasteiger charge is 2.07. The van der Waals surface area contributed by atoms with Crippen LogP contribution in [0.2, 0.25) is 0 Å². The fourth-order valence-electron chi connectivity index (χ4n) is 1.69. The zero-order chi connectivity index (χ0) is 15.1. The van der Waals surface area contributed by atoms with Gasteiger partial charge in [0.2, 0.25) is 5.91 Å². The van der Waals surface area contributed by atoms with E-state index < -0.39 is 0 Å². The van der Waals surface area contributed by atoms with Crippen molar-refractivity contribution in [2.45, 2.75) is 40.2 Å². The highest BCUT2D eigenvalue weighted by Crippen LogP contribution is 2.15. The molecule has 1 rings (SSSR count). The zero-order valence-electron chi connectivity index (χ0n) is 12.5. The average Bonchev–Trinajstić information content (AvgIpc) is 2.26. The molecular weight excluding hydrogens is 254 g/mol. The number of carbonyl (C=O) groups excluding carboxylic acids is 2. The Labute approximate surface area is 120 Å². The van der Waals surface area contributed by atoms with Crippen LogP contribution in [0.1, 0.15) is 34.1 Å². The van der Waals surface area contributed by atoms with Crippen LogP contribution in [0.15, 0.2) is 24.3 Å². The molecule has 3 N–H and O–H groups in total. The molecule has 0 aliphatic carbocycles. The SMILES string of the molecule is CC(C)CC(=O)Nc1cccc(NC(=O)NC(C)C)c1. The van der Waals surface area contributed by atoms with Gasteiger partial charge in [-0.25, -0.2) is 4.79 Å². The van der Waals surface area contributed by atoms with Crippen LogP contribution in [0, 0.1) is 5.92 Å². The van der Waals surface area contributed by atoms with Crippen LogP contribution in [0.5, 0.6) is 0 Å². The molecule has 0 saturated carbocycles. The molecule has 1 aromatic carbocycles. The van der Waals surface area contributed by atoms with E-state index in [9.17, 15) is 9.59 Å². The number of rotatable bonds is 5. The van der Waals surface area contributed by atoms with Crippen molar-refractivity contribution in [3.05, 3.63) is 24.3 Å². The van der Waals surface area contributed by atoms with Gasteiger partial charge < -0.3 is 16.0 Å². The lowest BCUT2D eigenvalue weighted by Gasteiger charge is -2.12. The van der Waals surface area contributed by atoms with Gasteiger partial charge in [0.05, 0.1) is 0 Å². The van der Waals surface area contributed by atoms with Crippen molar-refractivity contribution in [1.29, 1.82) is 0 Å². The smallest absolute Gasteiger partial charge is 0.319 e. The summed E-state index contributed by atoms with van der Waals surface area (Å²) in [5.41, 5.74) is 1.32. The molecule has 5 nitrogen and oxygen atoms in total. The maximum absolute atomic E-state index is 11.7. The fourth-order valence-corrected chi connectivity index (χ4v) is 1.69. The number of nitrogens with one attached hydrogen (secondary N) is 3. The van der Waals surface area contributed by atoms with Gasteiger partial charge in [-0.1, -0.05) is 19.9 Å². The Bertz CT molecular complexity index is 431. The third kappa shape index (κ3) is 6.22.